The third-order valence-electron chi connectivity index (χ3n) is 3.16. The average molecular weight is 191 g/mol. The maximum absolute atomic E-state index is 5.95. The summed E-state index contributed by atoms with van der Waals surface area (Å²) in [4.78, 5) is 0. The Morgan fingerprint density at radius 3 is 2.86 bits per heavy atom. The number of para-hydroxylation sites is 1. The molecule has 0 saturated carbocycles. The van der Waals surface area contributed by atoms with Gasteiger partial charge in [0.15, 0.2) is 0 Å². The van der Waals surface area contributed by atoms with Crippen molar-refractivity contribution >= 4 is 5.69 Å². The summed E-state index contributed by atoms with van der Waals surface area (Å²) in [6.07, 6.45) is 1.16. The first kappa shape index (κ1) is 9.53. The van der Waals surface area contributed by atoms with Gasteiger partial charge in [0, 0.05) is 12.3 Å². The van der Waals surface area contributed by atoms with Gasteiger partial charge in [-0.15, -0.1) is 0 Å². The Morgan fingerprint density at radius 1 is 1.43 bits per heavy atom. The molecule has 1 heterocycles. The molecule has 2 N–H and O–H groups in total. The highest BCUT2D eigenvalue weighted by atomic mass is 16.5. The smallest absolute Gasteiger partial charge is 0.0500 e. The van der Waals surface area contributed by atoms with E-state index in [0.717, 1.165) is 25.3 Å². The van der Waals surface area contributed by atoms with E-state index in [0.29, 0.717) is 11.8 Å². The van der Waals surface area contributed by atoms with E-state index in [2.05, 4.69) is 19.1 Å². The maximum atomic E-state index is 5.95. The standard InChI is InChI=1S/C12H17NO/c1-9(10-6-7-14-8-10)11-4-2-3-5-12(11)13/h2-5,9-10H,6-8,13H2,1H3. The Hall–Kier alpha value is -1.02. The Morgan fingerprint density at radius 2 is 2.21 bits per heavy atom. The molecule has 2 rings (SSSR count). The summed E-state index contributed by atoms with van der Waals surface area (Å²) in [5, 5.41) is 0. The van der Waals surface area contributed by atoms with Crippen LogP contribution in [0, 0.1) is 5.92 Å². The molecule has 76 valence electrons. The molecule has 14 heavy (non-hydrogen) atoms. The number of hydrogen-bond acceptors (Lipinski definition) is 2. The molecule has 1 aliphatic rings. The van der Waals surface area contributed by atoms with Crippen LogP contribution < -0.4 is 5.73 Å². The topological polar surface area (TPSA) is 35.2 Å². The van der Waals surface area contributed by atoms with Crippen LogP contribution in [-0.2, 0) is 4.74 Å². The molecule has 1 saturated heterocycles. The van der Waals surface area contributed by atoms with Crippen molar-refractivity contribution in [2.75, 3.05) is 18.9 Å². The van der Waals surface area contributed by atoms with Crippen LogP contribution >= 0.6 is 0 Å². The number of nitrogens with two attached hydrogens (primary N) is 1. The average Bonchev–Trinajstić information content (AvgIpc) is 2.70. The number of anilines is 1. The lowest BCUT2D eigenvalue weighted by Gasteiger charge is -2.19. The van der Waals surface area contributed by atoms with E-state index >= 15 is 0 Å². The second-order valence-corrected chi connectivity index (χ2v) is 4.04. The van der Waals surface area contributed by atoms with E-state index < -0.39 is 0 Å². The molecule has 2 atom stereocenters. The van der Waals surface area contributed by atoms with Gasteiger partial charge in [-0.25, -0.2) is 0 Å². The molecule has 2 heteroatoms. The van der Waals surface area contributed by atoms with Gasteiger partial charge < -0.3 is 10.5 Å². The van der Waals surface area contributed by atoms with E-state index in [-0.39, 0.29) is 0 Å². The van der Waals surface area contributed by atoms with Crippen molar-refractivity contribution in [1.29, 1.82) is 0 Å². The van der Waals surface area contributed by atoms with Gasteiger partial charge in [0.25, 0.3) is 0 Å². The number of hydrogen-bond donors (Lipinski definition) is 1. The zero-order valence-corrected chi connectivity index (χ0v) is 8.57. The van der Waals surface area contributed by atoms with Gasteiger partial charge in [-0.3, -0.25) is 0 Å². The van der Waals surface area contributed by atoms with Gasteiger partial charge in [-0.05, 0) is 29.9 Å². The minimum Gasteiger partial charge on any atom is -0.398 e. The molecule has 1 fully saturated rings. The van der Waals surface area contributed by atoms with Crippen molar-refractivity contribution in [3.63, 3.8) is 0 Å². The van der Waals surface area contributed by atoms with Gasteiger partial charge in [0.05, 0.1) is 6.61 Å². The molecule has 0 radical (unpaired) electrons. The van der Waals surface area contributed by atoms with E-state index in [9.17, 15) is 0 Å². The summed E-state index contributed by atoms with van der Waals surface area (Å²) in [5.41, 5.74) is 8.12. The molecule has 2 nitrogen and oxygen atoms in total. The van der Waals surface area contributed by atoms with Crippen LogP contribution in [0.5, 0.6) is 0 Å². The first-order valence-electron chi connectivity index (χ1n) is 5.21. The summed E-state index contributed by atoms with van der Waals surface area (Å²) in [6.45, 7) is 4.03. The van der Waals surface area contributed by atoms with Crippen molar-refractivity contribution in [3.05, 3.63) is 29.8 Å². The fourth-order valence-corrected chi connectivity index (χ4v) is 2.13. The molecule has 0 aromatic heterocycles. The third kappa shape index (κ3) is 1.75. The minimum absolute atomic E-state index is 0.513. The molecule has 2 unspecified atom stereocenters. The van der Waals surface area contributed by atoms with Crippen molar-refractivity contribution in [1.82, 2.24) is 0 Å². The van der Waals surface area contributed by atoms with Gasteiger partial charge >= 0.3 is 0 Å². The molecule has 0 bridgehead atoms. The minimum atomic E-state index is 0.513. The lowest BCUT2D eigenvalue weighted by Crippen LogP contribution is -2.11. The Kier molecular flexibility index (Phi) is 2.73. The number of benzene rings is 1. The van der Waals surface area contributed by atoms with Crippen molar-refractivity contribution in [3.8, 4) is 0 Å². The molecular formula is C12H17NO. The van der Waals surface area contributed by atoms with Crippen molar-refractivity contribution in [2.45, 2.75) is 19.3 Å². The zero-order chi connectivity index (χ0) is 9.97. The SMILES string of the molecule is CC(c1ccccc1N)C1CCOC1. The first-order chi connectivity index (χ1) is 6.79. The largest absolute Gasteiger partial charge is 0.398 e. The summed E-state index contributed by atoms with van der Waals surface area (Å²) in [7, 11) is 0. The Bertz CT molecular complexity index is 305. The van der Waals surface area contributed by atoms with Crippen molar-refractivity contribution < 1.29 is 4.74 Å². The van der Waals surface area contributed by atoms with Crippen LogP contribution in [0.25, 0.3) is 0 Å². The van der Waals surface area contributed by atoms with E-state index in [1.54, 1.807) is 0 Å². The molecule has 0 aliphatic carbocycles. The second-order valence-electron chi connectivity index (χ2n) is 4.04. The third-order valence-corrected chi connectivity index (χ3v) is 3.16. The molecule has 1 aliphatic heterocycles. The quantitative estimate of drug-likeness (QED) is 0.728. The summed E-state index contributed by atoms with van der Waals surface area (Å²) in [5.74, 6) is 1.15. The van der Waals surface area contributed by atoms with Crippen LogP contribution in [0.3, 0.4) is 0 Å². The van der Waals surface area contributed by atoms with Crippen LogP contribution in [-0.4, -0.2) is 13.2 Å². The lowest BCUT2D eigenvalue weighted by atomic mass is 9.86. The highest BCUT2D eigenvalue weighted by molar-refractivity contribution is 5.48. The number of rotatable bonds is 2. The van der Waals surface area contributed by atoms with E-state index in [1.807, 2.05) is 12.1 Å². The summed E-state index contributed by atoms with van der Waals surface area (Å²) in [6, 6.07) is 8.13. The van der Waals surface area contributed by atoms with E-state index in [1.165, 1.54) is 5.56 Å². The number of ether oxygens (including phenoxy) is 1. The van der Waals surface area contributed by atoms with Gasteiger partial charge in [0.2, 0.25) is 0 Å². The van der Waals surface area contributed by atoms with Crippen LogP contribution in [0.2, 0.25) is 0 Å². The first-order valence-corrected chi connectivity index (χ1v) is 5.21. The summed E-state index contributed by atoms with van der Waals surface area (Å²) >= 11 is 0. The van der Waals surface area contributed by atoms with E-state index in [4.69, 9.17) is 10.5 Å². The molecule has 0 amide bonds. The molecule has 1 aromatic carbocycles. The highest BCUT2D eigenvalue weighted by Gasteiger charge is 2.24. The van der Waals surface area contributed by atoms with Crippen LogP contribution in [0.4, 0.5) is 5.69 Å². The zero-order valence-electron chi connectivity index (χ0n) is 8.57. The monoisotopic (exact) mass is 191 g/mol. The van der Waals surface area contributed by atoms with Crippen LogP contribution in [0.1, 0.15) is 24.8 Å². The number of nitrogen functional groups attached to an aromatic ring is 1. The predicted molar refractivity (Wildman–Crippen MR) is 58.2 cm³/mol. The van der Waals surface area contributed by atoms with Gasteiger partial charge in [0.1, 0.15) is 0 Å². The Labute approximate surface area is 85.1 Å². The van der Waals surface area contributed by atoms with Crippen molar-refractivity contribution in [2.24, 2.45) is 5.92 Å². The van der Waals surface area contributed by atoms with Gasteiger partial charge in [-0.1, -0.05) is 25.1 Å². The van der Waals surface area contributed by atoms with Crippen LogP contribution in [0.15, 0.2) is 24.3 Å². The fraction of sp³-hybridized carbons (Fsp3) is 0.500. The summed E-state index contributed by atoms with van der Waals surface area (Å²) < 4.78 is 5.40. The fourth-order valence-electron chi connectivity index (χ4n) is 2.13. The predicted octanol–water partition coefficient (Wildman–Crippen LogP) is 2.41. The normalized spacial score (nSPS) is 23.6. The molecular weight excluding hydrogens is 174 g/mol. The Balaban J connectivity index is 2.17. The molecule has 0 spiro atoms. The highest BCUT2D eigenvalue weighted by Crippen LogP contribution is 2.32. The second kappa shape index (κ2) is 4.01. The lowest BCUT2D eigenvalue weighted by molar-refractivity contribution is 0.182. The van der Waals surface area contributed by atoms with Gasteiger partial charge in [-0.2, -0.15) is 0 Å². The maximum Gasteiger partial charge on any atom is 0.0500 e. The molecule has 1 aromatic rings.